The quantitative estimate of drug-likeness (QED) is 0.482. The average Bonchev–Trinajstić information content (AvgIpc) is 2.29. The van der Waals surface area contributed by atoms with E-state index in [4.69, 9.17) is 15.2 Å². The minimum atomic E-state index is 0.0923. The maximum Gasteiger partial charge on any atom is 0.184 e. The Kier molecular flexibility index (Phi) is 5.38. The SMILES string of the molecule is COc1cc(C=NNC(N)=S)ccc1OC(C)C. The lowest BCUT2D eigenvalue weighted by Crippen LogP contribution is -2.23. The lowest BCUT2D eigenvalue weighted by molar-refractivity contribution is 0.230. The third-order valence-corrected chi connectivity index (χ3v) is 2.03. The second kappa shape index (κ2) is 6.80. The van der Waals surface area contributed by atoms with E-state index >= 15 is 0 Å². The van der Waals surface area contributed by atoms with Gasteiger partial charge in [-0.05, 0) is 49.8 Å². The van der Waals surface area contributed by atoms with Gasteiger partial charge in [-0.1, -0.05) is 0 Å². The molecule has 5 nitrogen and oxygen atoms in total. The molecule has 0 spiro atoms. The second-order valence-electron chi connectivity index (χ2n) is 3.81. The molecule has 0 bridgehead atoms. The van der Waals surface area contributed by atoms with Crippen molar-refractivity contribution < 1.29 is 9.47 Å². The first kappa shape index (κ1) is 14.2. The van der Waals surface area contributed by atoms with Crippen LogP contribution in [0.1, 0.15) is 19.4 Å². The van der Waals surface area contributed by atoms with Crippen LogP contribution in [-0.2, 0) is 0 Å². The van der Waals surface area contributed by atoms with Crippen LogP contribution in [0.2, 0.25) is 0 Å². The van der Waals surface area contributed by atoms with Crippen molar-refractivity contribution in [1.82, 2.24) is 5.43 Å². The van der Waals surface area contributed by atoms with Gasteiger partial charge in [-0.2, -0.15) is 5.10 Å². The maximum absolute atomic E-state index is 5.61. The highest BCUT2D eigenvalue weighted by molar-refractivity contribution is 7.80. The minimum absolute atomic E-state index is 0.0923. The number of ether oxygens (including phenoxy) is 2. The van der Waals surface area contributed by atoms with E-state index in [1.807, 2.05) is 32.0 Å². The van der Waals surface area contributed by atoms with Gasteiger partial charge in [-0.3, -0.25) is 5.43 Å². The lowest BCUT2D eigenvalue weighted by Gasteiger charge is -2.13. The highest BCUT2D eigenvalue weighted by Crippen LogP contribution is 2.28. The van der Waals surface area contributed by atoms with Crippen molar-refractivity contribution >= 4 is 23.5 Å². The number of nitrogens with zero attached hydrogens (tertiary/aromatic N) is 1. The molecule has 3 N–H and O–H groups in total. The standard InChI is InChI=1S/C12H17N3O2S/c1-8(2)17-10-5-4-9(6-11(10)16-3)7-14-15-12(13)18/h4-8H,1-3H3,(H3,13,15,18). The van der Waals surface area contributed by atoms with Crippen LogP contribution in [0.5, 0.6) is 11.5 Å². The number of methoxy groups -OCH3 is 1. The maximum atomic E-state index is 5.61. The molecule has 0 atom stereocenters. The van der Waals surface area contributed by atoms with E-state index in [0.717, 1.165) is 5.56 Å². The molecule has 98 valence electrons. The summed E-state index contributed by atoms with van der Waals surface area (Å²) in [4.78, 5) is 0. The van der Waals surface area contributed by atoms with Gasteiger partial charge in [0, 0.05) is 0 Å². The Morgan fingerprint density at radius 2 is 2.17 bits per heavy atom. The molecule has 0 aliphatic heterocycles. The minimum Gasteiger partial charge on any atom is -0.493 e. The number of benzene rings is 1. The molecule has 0 fully saturated rings. The predicted molar refractivity (Wildman–Crippen MR) is 76.3 cm³/mol. The van der Waals surface area contributed by atoms with Crippen LogP contribution in [0.4, 0.5) is 0 Å². The van der Waals surface area contributed by atoms with E-state index in [1.54, 1.807) is 13.3 Å². The van der Waals surface area contributed by atoms with Gasteiger partial charge in [-0.25, -0.2) is 0 Å². The van der Waals surface area contributed by atoms with E-state index in [-0.39, 0.29) is 11.2 Å². The largest absolute Gasteiger partial charge is 0.493 e. The number of hydrogen-bond acceptors (Lipinski definition) is 4. The Morgan fingerprint density at radius 1 is 1.44 bits per heavy atom. The molecule has 0 aliphatic carbocycles. The van der Waals surface area contributed by atoms with E-state index in [0.29, 0.717) is 11.5 Å². The van der Waals surface area contributed by atoms with Crippen molar-refractivity contribution in [3.8, 4) is 11.5 Å². The zero-order valence-electron chi connectivity index (χ0n) is 10.6. The number of nitrogens with one attached hydrogen (secondary N) is 1. The van der Waals surface area contributed by atoms with Crippen LogP contribution < -0.4 is 20.6 Å². The number of thiocarbonyl (C=S) groups is 1. The van der Waals surface area contributed by atoms with Gasteiger partial charge in [0.1, 0.15) is 0 Å². The zero-order chi connectivity index (χ0) is 13.5. The van der Waals surface area contributed by atoms with Crippen LogP contribution in [0, 0.1) is 0 Å². The average molecular weight is 267 g/mol. The summed E-state index contributed by atoms with van der Waals surface area (Å²) in [6.07, 6.45) is 1.69. The normalized spacial score (nSPS) is 10.7. The number of nitrogens with two attached hydrogens (primary N) is 1. The molecule has 0 aliphatic rings. The first-order chi connectivity index (χ1) is 8.52. The first-order valence-corrected chi connectivity index (χ1v) is 5.87. The Morgan fingerprint density at radius 3 is 2.72 bits per heavy atom. The Labute approximate surface area is 112 Å². The summed E-state index contributed by atoms with van der Waals surface area (Å²) in [5.74, 6) is 1.36. The molecule has 0 saturated heterocycles. The van der Waals surface area contributed by atoms with Crippen molar-refractivity contribution in [3.05, 3.63) is 23.8 Å². The van der Waals surface area contributed by atoms with Crippen molar-refractivity contribution in [3.63, 3.8) is 0 Å². The third-order valence-electron chi connectivity index (χ3n) is 1.94. The monoisotopic (exact) mass is 267 g/mol. The van der Waals surface area contributed by atoms with Gasteiger partial charge in [0.2, 0.25) is 0 Å². The topological polar surface area (TPSA) is 68.9 Å². The van der Waals surface area contributed by atoms with Gasteiger partial charge in [-0.15, -0.1) is 0 Å². The molecule has 1 rings (SSSR count). The fraction of sp³-hybridized carbons (Fsp3) is 0.333. The van der Waals surface area contributed by atoms with Gasteiger partial charge in [0.25, 0.3) is 0 Å². The Balaban J connectivity index is 2.84. The Hall–Kier alpha value is -1.82. The highest BCUT2D eigenvalue weighted by Gasteiger charge is 2.06. The molecule has 0 saturated carbocycles. The van der Waals surface area contributed by atoms with Crippen LogP contribution in [0.25, 0.3) is 0 Å². The van der Waals surface area contributed by atoms with Crippen LogP contribution in [-0.4, -0.2) is 24.5 Å². The van der Waals surface area contributed by atoms with E-state index in [1.165, 1.54) is 0 Å². The van der Waals surface area contributed by atoms with Gasteiger partial charge in [0.15, 0.2) is 16.6 Å². The summed E-state index contributed by atoms with van der Waals surface area (Å²) in [6, 6.07) is 5.52. The van der Waals surface area contributed by atoms with Crippen molar-refractivity contribution in [2.75, 3.05) is 7.11 Å². The van der Waals surface area contributed by atoms with Gasteiger partial charge < -0.3 is 15.2 Å². The molecule has 0 unspecified atom stereocenters. The molecule has 0 heterocycles. The van der Waals surface area contributed by atoms with Crippen molar-refractivity contribution in [1.29, 1.82) is 0 Å². The molecular weight excluding hydrogens is 250 g/mol. The molecule has 0 radical (unpaired) electrons. The van der Waals surface area contributed by atoms with E-state index in [2.05, 4.69) is 22.7 Å². The molecule has 18 heavy (non-hydrogen) atoms. The van der Waals surface area contributed by atoms with Crippen LogP contribution >= 0.6 is 12.2 Å². The number of rotatable bonds is 5. The summed E-state index contributed by atoms with van der Waals surface area (Å²) in [5, 5.41) is 3.99. The summed E-state index contributed by atoms with van der Waals surface area (Å²) in [7, 11) is 1.59. The fourth-order valence-corrected chi connectivity index (χ4v) is 1.34. The molecule has 0 aromatic heterocycles. The molecule has 6 heteroatoms. The molecule has 0 amide bonds. The number of hydrogen-bond donors (Lipinski definition) is 2. The first-order valence-electron chi connectivity index (χ1n) is 5.46. The predicted octanol–water partition coefficient (Wildman–Crippen LogP) is 1.65. The summed E-state index contributed by atoms with van der Waals surface area (Å²) < 4.78 is 10.9. The van der Waals surface area contributed by atoms with Crippen molar-refractivity contribution in [2.45, 2.75) is 20.0 Å². The van der Waals surface area contributed by atoms with E-state index in [9.17, 15) is 0 Å². The number of hydrazone groups is 1. The van der Waals surface area contributed by atoms with Gasteiger partial charge >= 0.3 is 0 Å². The summed E-state index contributed by atoms with van der Waals surface area (Å²) in [6.45, 7) is 3.92. The van der Waals surface area contributed by atoms with E-state index < -0.39 is 0 Å². The van der Waals surface area contributed by atoms with Crippen LogP contribution in [0.3, 0.4) is 0 Å². The molecular formula is C12H17N3O2S. The van der Waals surface area contributed by atoms with Crippen LogP contribution in [0.15, 0.2) is 23.3 Å². The summed E-state index contributed by atoms with van der Waals surface area (Å²) in [5.41, 5.74) is 8.59. The smallest absolute Gasteiger partial charge is 0.184 e. The highest BCUT2D eigenvalue weighted by atomic mass is 32.1. The fourth-order valence-electron chi connectivity index (χ4n) is 1.29. The summed E-state index contributed by atoms with van der Waals surface area (Å²) >= 11 is 4.64. The lowest BCUT2D eigenvalue weighted by atomic mass is 10.2. The van der Waals surface area contributed by atoms with Gasteiger partial charge in [0.05, 0.1) is 19.4 Å². The second-order valence-corrected chi connectivity index (χ2v) is 4.25. The Bertz CT molecular complexity index is 447. The third kappa shape index (κ3) is 4.58. The molecule has 1 aromatic rings. The molecule has 1 aromatic carbocycles. The zero-order valence-corrected chi connectivity index (χ0v) is 11.5. The van der Waals surface area contributed by atoms with Crippen molar-refractivity contribution in [2.24, 2.45) is 10.8 Å².